The molecule has 2 aromatic rings. The number of amides is 1. The van der Waals surface area contributed by atoms with Crippen LogP contribution in [0.15, 0.2) is 23.1 Å². The molecule has 1 aliphatic carbocycles. The molecule has 0 radical (unpaired) electrons. The first-order valence-electron chi connectivity index (χ1n) is 10.9. The van der Waals surface area contributed by atoms with Crippen LogP contribution in [-0.2, 0) is 14.6 Å². The lowest BCUT2D eigenvalue weighted by Crippen LogP contribution is -2.50. The van der Waals surface area contributed by atoms with Gasteiger partial charge in [-0.3, -0.25) is 4.79 Å². The Morgan fingerprint density at radius 2 is 1.97 bits per heavy atom. The van der Waals surface area contributed by atoms with Gasteiger partial charge in [-0.15, -0.1) is 0 Å². The van der Waals surface area contributed by atoms with Crippen LogP contribution >= 0.6 is 0 Å². The third kappa shape index (κ3) is 4.67. The van der Waals surface area contributed by atoms with Gasteiger partial charge in [0.2, 0.25) is 11.9 Å². The summed E-state index contributed by atoms with van der Waals surface area (Å²) in [6, 6.07) is 4.45. The second-order valence-electron chi connectivity index (χ2n) is 8.91. The maximum atomic E-state index is 12.9. The van der Waals surface area contributed by atoms with Gasteiger partial charge in [-0.2, -0.15) is 0 Å². The van der Waals surface area contributed by atoms with Crippen molar-refractivity contribution < 1.29 is 18.3 Å². The molecule has 2 heterocycles. The lowest BCUT2D eigenvalue weighted by Gasteiger charge is -2.33. The maximum Gasteiger partial charge on any atom is 0.242 e. The van der Waals surface area contributed by atoms with Crippen LogP contribution in [0.4, 0.5) is 5.95 Å². The molecule has 2 fully saturated rings. The van der Waals surface area contributed by atoms with Gasteiger partial charge in [-0.1, -0.05) is 19.3 Å². The summed E-state index contributed by atoms with van der Waals surface area (Å²) in [6.45, 7) is 2.78. The Kier molecular flexibility index (Phi) is 5.91. The van der Waals surface area contributed by atoms with Gasteiger partial charge in [0.15, 0.2) is 9.84 Å². The highest BCUT2D eigenvalue weighted by Gasteiger charge is 2.35. The van der Waals surface area contributed by atoms with Crippen LogP contribution < -0.4 is 10.2 Å². The highest BCUT2D eigenvalue weighted by molar-refractivity contribution is 7.90. The maximum absolute atomic E-state index is 12.9. The summed E-state index contributed by atoms with van der Waals surface area (Å²) in [4.78, 5) is 24.3. The molecule has 4 rings (SSSR count). The number of rotatable bonds is 5. The van der Waals surface area contributed by atoms with E-state index in [9.17, 15) is 18.3 Å². The summed E-state index contributed by atoms with van der Waals surface area (Å²) in [5.41, 5.74) is 0.478. The van der Waals surface area contributed by atoms with E-state index in [1.54, 1.807) is 18.2 Å². The lowest BCUT2D eigenvalue weighted by molar-refractivity contribution is -0.123. The Hall–Kier alpha value is -2.26. The molecule has 0 bridgehead atoms. The molecule has 1 saturated carbocycles. The third-order valence-electron chi connectivity index (χ3n) is 6.46. The average Bonchev–Trinajstić information content (AvgIpc) is 3.21. The molecule has 31 heavy (non-hydrogen) atoms. The van der Waals surface area contributed by atoms with Gasteiger partial charge in [0, 0.05) is 24.7 Å². The van der Waals surface area contributed by atoms with E-state index < -0.39 is 21.5 Å². The number of anilines is 1. The largest absolute Gasteiger partial charge is 0.388 e. The molecule has 1 aromatic heterocycles. The van der Waals surface area contributed by atoms with Gasteiger partial charge in [-0.25, -0.2) is 18.4 Å². The van der Waals surface area contributed by atoms with Crippen molar-refractivity contribution in [3.05, 3.63) is 23.9 Å². The van der Waals surface area contributed by atoms with Crippen LogP contribution in [0.5, 0.6) is 0 Å². The zero-order chi connectivity index (χ0) is 22.2. The summed E-state index contributed by atoms with van der Waals surface area (Å²) in [5.74, 6) is 0.312. The van der Waals surface area contributed by atoms with E-state index in [1.165, 1.54) is 6.26 Å². The second-order valence-corrected chi connectivity index (χ2v) is 10.9. The van der Waals surface area contributed by atoms with Crippen molar-refractivity contribution in [1.29, 1.82) is 0 Å². The molecule has 9 heteroatoms. The summed E-state index contributed by atoms with van der Waals surface area (Å²) < 4.78 is 23.9. The Morgan fingerprint density at radius 3 is 2.68 bits per heavy atom. The van der Waals surface area contributed by atoms with E-state index >= 15 is 0 Å². The Morgan fingerprint density at radius 1 is 1.23 bits per heavy atom. The van der Waals surface area contributed by atoms with E-state index in [2.05, 4.69) is 15.3 Å². The van der Waals surface area contributed by atoms with Crippen LogP contribution in [0.1, 0.15) is 50.6 Å². The van der Waals surface area contributed by atoms with E-state index in [-0.39, 0.29) is 17.3 Å². The number of nitrogens with one attached hydrogen (secondary N) is 1. The minimum absolute atomic E-state index is 0.122. The Bertz CT molecular complexity index is 1100. The van der Waals surface area contributed by atoms with Crippen molar-refractivity contribution in [2.45, 2.75) is 68.4 Å². The predicted octanol–water partition coefficient (Wildman–Crippen LogP) is 2.12. The number of aryl methyl sites for hydroxylation is 1. The molecule has 1 aliphatic heterocycles. The molecule has 2 N–H and O–H groups in total. The molecule has 8 nitrogen and oxygen atoms in total. The van der Waals surface area contributed by atoms with Crippen molar-refractivity contribution in [1.82, 2.24) is 15.3 Å². The zero-order valence-electron chi connectivity index (χ0n) is 18.1. The van der Waals surface area contributed by atoms with Gasteiger partial charge in [0.1, 0.15) is 6.04 Å². The van der Waals surface area contributed by atoms with Gasteiger partial charge in [0.25, 0.3) is 0 Å². The summed E-state index contributed by atoms with van der Waals surface area (Å²) >= 11 is 0. The quantitative estimate of drug-likeness (QED) is 0.723. The number of sulfone groups is 1. The number of aromatic nitrogens is 2. The van der Waals surface area contributed by atoms with Crippen molar-refractivity contribution in [3.8, 4) is 0 Å². The fraction of sp³-hybridized carbons (Fsp3) is 0.591. The Balaban J connectivity index is 1.56. The molecular weight excluding hydrogens is 416 g/mol. The first-order valence-corrected chi connectivity index (χ1v) is 12.8. The van der Waals surface area contributed by atoms with Gasteiger partial charge in [-0.05, 0) is 50.8 Å². The SMILES string of the molecule is Cc1nc(N2CCCC2C(=O)NCC2(O)CCCCC2)nc2cc(S(C)(=O)=O)ccc12. The molecule has 2 aliphatic rings. The first kappa shape index (κ1) is 22.0. The fourth-order valence-electron chi connectivity index (χ4n) is 4.65. The number of hydrogen-bond acceptors (Lipinski definition) is 7. The monoisotopic (exact) mass is 446 g/mol. The summed E-state index contributed by atoms with van der Waals surface area (Å²) in [6.07, 6.45) is 7.24. The highest BCUT2D eigenvalue weighted by Crippen LogP contribution is 2.29. The Labute approximate surface area is 183 Å². The zero-order valence-corrected chi connectivity index (χ0v) is 18.9. The summed E-state index contributed by atoms with van der Waals surface area (Å²) in [7, 11) is -3.35. The number of aliphatic hydroxyl groups is 1. The van der Waals surface area contributed by atoms with Crippen LogP contribution in [0.3, 0.4) is 0 Å². The molecular formula is C22H30N4O4S. The van der Waals surface area contributed by atoms with Crippen LogP contribution in [0, 0.1) is 6.92 Å². The topological polar surface area (TPSA) is 112 Å². The molecule has 1 unspecified atom stereocenters. The molecule has 1 aromatic carbocycles. The van der Waals surface area contributed by atoms with E-state index in [1.807, 2.05) is 11.8 Å². The number of fused-ring (bicyclic) bond motifs is 1. The van der Waals surface area contributed by atoms with Crippen LogP contribution in [0.25, 0.3) is 10.9 Å². The van der Waals surface area contributed by atoms with E-state index in [4.69, 9.17) is 0 Å². The van der Waals surface area contributed by atoms with E-state index in [0.29, 0.717) is 24.4 Å². The van der Waals surface area contributed by atoms with Crippen LogP contribution in [0.2, 0.25) is 0 Å². The predicted molar refractivity (Wildman–Crippen MR) is 119 cm³/mol. The van der Waals surface area contributed by atoms with Gasteiger partial charge < -0.3 is 15.3 Å². The molecule has 0 spiro atoms. The number of benzene rings is 1. The lowest BCUT2D eigenvalue weighted by atomic mass is 9.85. The number of carbonyl (C=O) groups is 1. The minimum Gasteiger partial charge on any atom is -0.388 e. The highest BCUT2D eigenvalue weighted by atomic mass is 32.2. The molecule has 1 saturated heterocycles. The van der Waals surface area contributed by atoms with E-state index in [0.717, 1.165) is 49.6 Å². The standard InChI is InChI=1S/C22H30N4O4S/c1-15-17-9-8-16(31(2,29)30)13-18(17)25-21(24-15)26-12-6-7-19(26)20(27)23-14-22(28)10-4-3-5-11-22/h8-9,13,19,28H,3-7,10-12,14H2,1-2H3,(H,23,27). The molecule has 168 valence electrons. The van der Waals surface area contributed by atoms with Gasteiger partial charge in [0.05, 0.1) is 21.7 Å². The van der Waals surface area contributed by atoms with Crippen LogP contribution in [-0.4, -0.2) is 60.4 Å². The average molecular weight is 447 g/mol. The van der Waals surface area contributed by atoms with Gasteiger partial charge >= 0.3 is 0 Å². The smallest absolute Gasteiger partial charge is 0.242 e. The number of carbonyl (C=O) groups excluding carboxylic acids is 1. The summed E-state index contributed by atoms with van der Waals surface area (Å²) in [5, 5.41) is 14.4. The van der Waals surface area contributed by atoms with Crippen molar-refractivity contribution >= 4 is 32.6 Å². The number of nitrogens with zero attached hydrogens (tertiary/aromatic N) is 3. The van der Waals surface area contributed by atoms with Crippen molar-refractivity contribution in [2.75, 3.05) is 24.2 Å². The van der Waals surface area contributed by atoms with Crippen molar-refractivity contribution in [3.63, 3.8) is 0 Å². The molecule has 1 atom stereocenters. The second kappa shape index (κ2) is 8.35. The molecule has 1 amide bonds. The van der Waals surface area contributed by atoms with Crippen molar-refractivity contribution in [2.24, 2.45) is 0 Å². The fourth-order valence-corrected chi connectivity index (χ4v) is 5.29. The number of hydrogen-bond donors (Lipinski definition) is 2. The minimum atomic E-state index is -3.35. The third-order valence-corrected chi connectivity index (χ3v) is 7.57. The first-order chi connectivity index (χ1) is 14.7. The normalized spacial score (nSPS) is 21.4.